The van der Waals surface area contributed by atoms with E-state index in [1.165, 1.54) is 12.1 Å². The Hall–Kier alpha value is -1.95. The highest BCUT2D eigenvalue weighted by Crippen LogP contribution is 2.44. The van der Waals surface area contributed by atoms with Crippen LogP contribution >= 0.6 is 0 Å². The van der Waals surface area contributed by atoms with Crippen molar-refractivity contribution >= 4 is 6.09 Å². The summed E-state index contributed by atoms with van der Waals surface area (Å²) >= 11 is 0. The molecular formula is C16H21NO5. The minimum absolute atomic E-state index is 0.0985. The number of aliphatic hydroxyl groups is 1. The third kappa shape index (κ3) is 2.70. The van der Waals surface area contributed by atoms with E-state index in [1.807, 2.05) is 20.8 Å². The lowest BCUT2D eigenvalue weighted by atomic mass is 9.83. The number of amides is 1. The standard InChI is InChI=1S/C16H21NO5/c1-15(2,3)22-14(20)17-8-16(9-17)7-12(19)11-6-10(18)4-5-13(11)21-16/h4-6,12,18-19H,7-9H2,1-3H3. The van der Waals surface area contributed by atoms with Crippen LogP contribution in [-0.2, 0) is 4.74 Å². The molecule has 1 spiro atoms. The van der Waals surface area contributed by atoms with Gasteiger partial charge in [0.2, 0.25) is 0 Å². The van der Waals surface area contributed by atoms with Crippen LogP contribution in [0.25, 0.3) is 0 Å². The first-order chi connectivity index (χ1) is 10.2. The molecule has 1 fully saturated rings. The molecule has 120 valence electrons. The first-order valence-electron chi connectivity index (χ1n) is 7.35. The van der Waals surface area contributed by atoms with E-state index in [1.54, 1.807) is 11.0 Å². The van der Waals surface area contributed by atoms with E-state index < -0.39 is 17.3 Å². The van der Waals surface area contributed by atoms with E-state index in [4.69, 9.17) is 9.47 Å². The zero-order chi connectivity index (χ0) is 16.1. The van der Waals surface area contributed by atoms with Crippen molar-refractivity contribution in [3.05, 3.63) is 23.8 Å². The quantitative estimate of drug-likeness (QED) is 0.768. The molecule has 2 aliphatic heterocycles. The Balaban J connectivity index is 1.69. The maximum Gasteiger partial charge on any atom is 0.410 e. The van der Waals surface area contributed by atoms with Gasteiger partial charge in [0.25, 0.3) is 0 Å². The minimum Gasteiger partial charge on any atom is -0.508 e. The van der Waals surface area contributed by atoms with E-state index in [0.717, 1.165) is 0 Å². The van der Waals surface area contributed by atoms with E-state index >= 15 is 0 Å². The molecule has 1 aromatic rings. The molecule has 1 aromatic carbocycles. The molecule has 1 atom stereocenters. The van der Waals surface area contributed by atoms with E-state index in [0.29, 0.717) is 30.8 Å². The fraction of sp³-hybridized carbons (Fsp3) is 0.562. The first kappa shape index (κ1) is 15.0. The van der Waals surface area contributed by atoms with Crippen molar-refractivity contribution in [2.75, 3.05) is 13.1 Å². The molecule has 3 rings (SSSR count). The Morgan fingerprint density at radius 3 is 2.73 bits per heavy atom. The van der Waals surface area contributed by atoms with Crippen LogP contribution in [0, 0.1) is 0 Å². The van der Waals surface area contributed by atoms with Crippen molar-refractivity contribution in [3.63, 3.8) is 0 Å². The molecule has 2 aliphatic rings. The lowest BCUT2D eigenvalue weighted by Crippen LogP contribution is -2.68. The molecular weight excluding hydrogens is 286 g/mol. The van der Waals surface area contributed by atoms with E-state index in [9.17, 15) is 15.0 Å². The monoisotopic (exact) mass is 307 g/mol. The van der Waals surface area contributed by atoms with Gasteiger partial charge in [0.05, 0.1) is 19.2 Å². The largest absolute Gasteiger partial charge is 0.508 e. The Kier molecular flexibility index (Phi) is 3.25. The van der Waals surface area contributed by atoms with Crippen molar-refractivity contribution in [1.29, 1.82) is 0 Å². The Morgan fingerprint density at radius 1 is 1.41 bits per heavy atom. The highest BCUT2D eigenvalue weighted by molar-refractivity contribution is 5.70. The van der Waals surface area contributed by atoms with Gasteiger partial charge in [0, 0.05) is 12.0 Å². The summed E-state index contributed by atoms with van der Waals surface area (Å²) in [6.07, 6.45) is -0.688. The Bertz CT molecular complexity index is 601. The Morgan fingerprint density at radius 2 is 2.09 bits per heavy atom. The summed E-state index contributed by atoms with van der Waals surface area (Å²) in [5.41, 5.74) is -0.515. The number of hydrogen-bond acceptors (Lipinski definition) is 5. The molecule has 0 aliphatic carbocycles. The molecule has 22 heavy (non-hydrogen) atoms. The number of phenols is 1. The molecule has 1 amide bonds. The number of aliphatic hydroxyl groups excluding tert-OH is 1. The van der Waals surface area contributed by atoms with Gasteiger partial charge >= 0.3 is 6.09 Å². The second-order valence-corrected chi connectivity index (χ2v) is 7.06. The fourth-order valence-corrected chi connectivity index (χ4v) is 2.93. The molecule has 6 heteroatoms. The molecule has 2 N–H and O–H groups in total. The van der Waals surface area contributed by atoms with Gasteiger partial charge in [-0.15, -0.1) is 0 Å². The Labute approximate surface area is 129 Å². The highest BCUT2D eigenvalue weighted by atomic mass is 16.6. The number of carbonyl (C=O) groups excluding carboxylic acids is 1. The summed E-state index contributed by atoms with van der Waals surface area (Å²) in [5, 5.41) is 19.8. The zero-order valence-corrected chi connectivity index (χ0v) is 13.0. The van der Waals surface area contributed by atoms with Crippen LogP contribution < -0.4 is 4.74 Å². The van der Waals surface area contributed by atoms with Crippen LogP contribution in [0.2, 0.25) is 0 Å². The first-order valence-corrected chi connectivity index (χ1v) is 7.35. The van der Waals surface area contributed by atoms with Gasteiger partial charge in [0.15, 0.2) is 0 Å². The third-order valence-electron chi connectivity index (χ3n) is 3.85. The number of aromatic hydroxyl groups is 1. The molecule has 0 aromatic heterocycles. The second-order valence-electron chi connectivity index (χ2n) is 7.06. The third-order valence-corrected chi connectivity index (χ3v) is 3.85. The predicted molar refractivity (Wildman–Crippen MR) is 78.8 cm³/mol. The molecule has 2 heterocycles. The van der Waals surface area contributed by atoms with Crippen molar-refractivity contribution < 1.29 is 24.5 Å². The number of rotatable bonds is 0. The smallest absolute Gasteiger partial charge is 0.410 e. The molecule has 0 saturated carbocycles. The molecule has 6 nitrogen and oxygen atoms in total. The summed E-state index contributed by atoms with van der Waals surface area (Å²) in [4.78, 5) is 13.6. The van der Waals surface area contributed by atoms with Crippen molar-refractivity contribution in [3.8, 4) is 11.5 Å². The van der Waals surface area contributed by atoms with E-state index in [-0.39, 0.29) is 11.8 Å². The van der Waals surface area contributed by atoms with Gasteiger partial charge in [-0.1, -0.05) is 0 Å². The normalized spacial score (nSPS) is 22.5. The number of fused-ring (bicyclic) bond motifs is 1. The number of phenolic OH excluding ortho intramolecular Hbond substituents is 1. The lowest BCUT2D eigenvalue weighted by Gasteiger charge is -2.52. The summed E-state index contributed by atoms with van der Waals surface area (Å²) in [6, 6.07) is 4.68. The lowest BCUT2D eigenvalue weighted by molar-refractivity contribution is -0.114. The second kappa shape index (κ2) is 4.78. The number of carbonyl (C=O) groups is 1. The SMILES string of the molecule is CC(C)(C)OC(=O)N1CC2(CC(O)c3cc(O)ccc3O2)C1. The van der Waals surface area contributed by atoms with Crippen LogP contribution in [0.1, 0.15) is 38.9 Å². The summed E-state index contributed by atoms with van der Waals surface area (Å²) in [6.45, 7) is 6.25. The maximum absolute atomic E-state index is 12.0. The van der Waals surface area contributed by atoms with Gasteiger partial charge in [-0.3, -0.25) is 0 Å². The number of hydrogen-bond donors (Lipinski definition) is 2. The van der Waals surface area contributed by atoms with Crippen LogP contribution in [0.15, 0.2) is 18.2 Å². The maximum atomic E-state index is 12.0. The summed E-state index contributed by atoms with van der Waals surface area (Å²) in [7, 11) is 0. The molecule has 0 radical (unpaired) electrons. The average molecular weight is 307 g/mol. The predicted octanol–water partition coefficient (Wildman–Crippen LogP) is 2.20. The van der Waals surface area contributed by atoms with Crippen molar-refractivity contribution in [1.82, 2.24) is 4.90 Å². The van der Waals surface area contributed by atoms with Crippen molar-refractivity contribution in [2.24, 2.45) is 0 Å². The summed E-state index contributed by atoms with van der Waals surface area (Å²) < 4.78 is 11.3. The van der Waals surface area contributed by atoms with Crippen LogP contribution in [-0.4, -0.2) is 45.5 Å². The van der Waals surface area contributed by atoms with Gasteiger partial charge in [-0.2, -0.15) is 0 Å². The number of benzene rings is 1. The number of likely N-dealkylation sites (tertiary alicyclic amines) is 1. The topological polar surface area (TPSA) is 79.2 Å². The van der Waals surface area contributed by atoms with Gasteiger partial charge < -0.3 is 24.6 Å². The van der Waals surface area contributed by atoms with Gasteiger partial charge in [-0.05, 0) is 39.0 Å². The van der Waals surface area contributed by atoms with E-state index in [2.05, 4.69) is 0 Å². The molecule has 1 saturated heterocycles. The van der Waals surface area contributed by atoms with Gasteiger partial charge in [0.1, 0.15) is 22.7 Å². The van der Waals surface area contributed by atoms with Crippen LogP contribution in [0.4, 0.5) is 4.79 Å². The molecule has 0 bridgehead atoms. The molecule has 1 unspecified atom stereocenters. The summed E-state index contributed by atoms with van der Waals surface area (Å²) in [5.74, 6) is 0.654. The average Bonchev–Trinajstić information content (AvgIpc) is 2.34. The van der Waals surface area contributed by atoms with Crippen LogP contribution in [0.3, 0.4) is 0 Å². The fourth-order valence-electron chi connectivity index (χ4n) is 2.93. The zero-order valence-electron chi connectivity index (χ0n) is 13.0. The van der Waals surface area contributed by atoms with Crippen molar-refractivity contribution in [2.45, 2.75) is 44.5 Å². The van der Waals surface area contributed by atoms with Gasteiger partial charge in [-0.25, -0.2) is 4.79 Å². The minimum atomic E-state index is -0.711. The number of ether oxygens (including phenoxy) is 2. The highest BCUT2D eigenvalue weighted by Gasteiger charge is 2.52. The number of nitrogens with zero attached hydrogens (tertiary/aromatic N) is 1. The van der Waals surface area contributed by atoms with Crippen LogP contribution in [0.5, 0.6) is 11.5 Å².